The Hall–Kier alpha value is -3.10. The highest BCUT2D eigenvalue weighted by atomic mass is 35.5. The first-order valence-electron chi connectivity index (χ1n) is 12.0. The first-order chi connectivity index (χ1) is 17.3. The average Bonchev–Trinajstić information content (AvgIpc) is 3.49. The Balaban J connectivity index is 1.41. The van der Waals surface area contributed by atoms with Crippen LogP contribution in [0.1, 0.15) is 72.1 Å². The van der Waals surface area contributed by atoms with Gasteiger partial charge in [0, 0.05) is 29.6 Å². The summed E-state index contributed by atoms with van der Waals surface area (Å²) in [6.45, 7) is 4.53. The zero-order valence-corrected chi connectivity index (χ0v) is 21.7. The van der Waals surface area contributed by atoms with Crippen LogP contribution in [0.3, 0.4) is 0 Å². The van der Waals surface area contributed by atoms with Gasteiger partial charge in [-0.05, 0) is 69.5 Å². The standard InChI is InChI=1S/C26H28Cl2N4O4/c1-3-36-23(33)11-8-18-5-4-12-32(18)26(35)19-9-6-16(13-20(19)28)25(34)29-15(2)24-30-21-10-7-17(27)14-22(21)31-24/h6-7,9-10,13-15,18H,3-5,8,11-12H2,1-2H3,(H,29,34)(H,30,31)/t15-,18-/m0/s1. The maximum atomic E-state index is 13.2. The van der Waals surface area contributed by atoms with Crippen molar-refractivity contribution < 1.29 is 19.1 Å². The Bertz CT molecular complexity index is 1290. The van der Waals surface area contributed by atoms with Crippen molar-refractivity contribution in [1.82, 2.24) is 20.2 Å². The predicted molar refractivity (Wildman–Crippen MR) is 138 cm³/mol. The molecule has 0 aliphatic carbocycles. The van der Waals surface area contributed by atoms with Gasteiger partial charge in [-0.3, -0.25) is 14.4 Å². The number of esters is 1. The normalized spacial score (nSPS) is 16.2. The minimum Gasteiger partial charge on any atom is -0.466 e. The number of aromatic amines is 1. The van der Waals surface area contributed by atoms with Gasteiger partial charge in [0.05, 0.1) is 34.3 Å². The van der Waals surface area contributed by atoms with Crippen molar-refractivity contribution in [2.24, 2.45) is 0 Å². The van der Waals surface area contributed by atoms with Gasteiger partial charge in [-0.25, -0.2) is 4.98 Å². The molecule has 1 aliphatic rings. The van der Waals surface area contributed by atoms with Crippen LogP contribution in [-0.4, -0.2) is 51.8 Å². The van der Waals surface area contributed by atoms with E-state index in [1.54, 1.807) is 36.1 Å². The number of aromatic nitrogens is 2. The summed E-state index contributed by atoms with van der Waals surface area (Å²) in [5, 5.41) is 3.70. The Morgan fingerprint density at radius 1 is 1.22 bits per heavy atom. The van der Waals surface area contributed by atoms with E-state index in [0.29, 0.717) is 41.5 Å². The molecule has 0 bridgehead atoms. The van der Waals surface area contributed by atoms with Gasteiger partial charge in [-0.2, -0.15) is 0 Å². The maximum absolute atomic E-state index is 13.2. The summed E-state index contributed by atoms with van der Waals surface area (Å²) in [7, 11) is 0. The summed E-state index contributed by atoms with van der Waals surface area (Å²) < 4.78 is 5.00. The highest BCUT2D eigenvalue weighted by Crippen LogP contribution is 2.27. The molecular weight excluding hydrogens is 503 g/mol. The van der Waals surface area contributed by atoms with E-state index in [9.17, 15) is 14.4 Å². The molecule has 0 unspecified atom stereocenters. The molecule has 1 fully saturated rings. The number of nitrogens with zero attached hydrogens (tertiary/aromatic N) is 2. The lowest BCUT2D eigenvalue weighted by molar-refractivity contribution is -0.143. The first-order valence-corrected chi connectivity index (χ1v) is 12.7. The van der Waals surface area contributed by atoms with Crippen molar-refractivity contribution in [2.45, 2.75) is 51.6 Å². The molecule has 2 amide bonds. The number of hydrogen-bond donors (Lipinski definition) is 2. The summed E-state index contributed by atoms with van der Waals surface area (Å²) in [5.74, 6) is -0.199. The van der Waals surface area contributed by atoms with Crippen LogP contribution in [0.15, 0.2) is 36.4 Å². The second-order valence-corrected chi connectivity index (χ2v) is 9.66. The number of carbonyl (C=O) groups is 3. The van der Waals surface area contributed by atoms with Gasteiger partial charge in [0.25, 0.3) is 11.8 Å². The number of imidazole rings is 1. The number of fused-ring (bicyclic) bond motifs is 1. The van der Waals surface area contributed by atoms with Crippen molar-refractivity contribution in [3.05, 3.63) is 63.4 Å². The number of halogens is 2. The Morgan fingerprint density at radius 3 is 2.78 bits per heavy atom. The molecule has 8 nitrogen and oxygen atoms in total. The van der Waals surface area contributed by atoms with Gasteiger partial charge in [0.1, 0.15) is 5.82 Å². The third-order valence-corrected chi connectivity index (χ3v) is 6.85. The first kappa shape index (κ1) is 26.0. The summed E-state index contributed by atoms with van der Waals surface area (Å²) in [6, 6.07) is 9.57. The number of carbonyl (C=O) groups excluding carboxylic acids is 3. The van der Waals surface area contributed by atoms with Crippen LogP contribution in [0, 0.1) is 0 Å². The van der Waals surface area contributed by atoms with E-state index in [0.717, 1.165) is 23.9 Å². The van der Waals surface area contributed by atoms with Gasteiger partial charge in [-0.15, -0.1) is 0 Å². The minimum atomic E-state index is -0.395. The zero-order valence-electron chi connectivity index (χ0n) is 20.1. The van der Waals surface area contributed by atoms with E-state index in [1.807, 2.05) is 13.0 Å². The number of amides is 2. The average molecular weight is 531 g/mol. The second kappa shape index (κ2) is 11.3. The molecule has 0 spiro atoms. The molecular formula is C26H28Cl2N4O4. The summed E-state index contributed by atoms with van der Waals surface area (Å²) in [5.41, 5.74) is 2.21. The van der Waals surface area contributed by atoms with Crippen molar-refractivity contribution in [3.8, 4) is 0 Å². The monoisotopic (exact) mass is 530 g/mol. The van der Waals surface area contributed by atoms with Crippen LogP contribution in [0.5, 0.6) is 0 Å². The number of hydrogen-bond acceptors (Lipinski definition) is 5. The molecule has 10 heteroatoms. The van der Waals surface area contributed by atoms with Crippen LogP contribution < -0.4 is 5.32 Å². The Kier molecular flexibility index (Phi) is 8.16. The summed E-state index contributed by atoms with van der Waals surface area (Å²) in [6.07, 6.45) is 2.51. The number of nitrogens with one attached hydrogen (secondary N) is 2. The summed E-state index contributed by atoms with van der Waals surface area (Å²) in [4.78, 5) is 47.2. The Labute approximate surface area is 219 Å². The maximum Gasteiger partial charge on any atom is 0.305 e. The molecule has 2 atom stereocenters. The molecule has 2 N–H and O–H groups in total. The van der Waals surface area contributed by atoms with Crippen LogP contribution in [-0.2, 0) is 9.53 Å². The van der Waals surface area contributed by atoms with Gasteiger partial charge in [0.2, 0.25) is 0 Å². The van der Waals surface area contributed by atoms with Crippen LogP contribution in [0.4, 0.5) is 0 Å². The number of rotatable bonds is 8. The van der Waals surface area contributed by atoms with Gasteiger partial charge >= 0.3 is 5.97 Å². The van der Waals surface area contributed by atoms with E-state index >= 15 is 0 Å². The minimum absolute atomic E-state index is 0.0412. The molecule has 0 saturated carbocycles. The molecule has 2 heterocycles. The van der Waals surface area contributed by atoms with Gasteiger partial charge in [0.15, 0.2) is 0 Å². The van der Waals surface area contributed by atoms with Crippen LogP contribution in [0.2, 0.25) is 10.0 Å². The third kappa shape index (κ3) is 5.82. The van der Waals surface area contributed by atoms with Crippen molar-refractivity contribution in [2.75, 3.05) is 13.2 Å². The molecule has 3 aromatic rings. The number of benzene rings is 2. The zero-order chi connectivity index (χ0) is 25.8. The SMILES string of the molecule is CCOC(=O)CC[C@@H]1CCCN1C(=O)c1ccc(C(=O)N[C@@H](C)c2nc3ccc(Cl)cc3[nH]2)cc1Cl. The van der Waals surface area contributed by atoms with Crippen molar-refractivity contribution in [1.29, 1.82) is 0 Å². The number of likely N-dealkylation sites (tertiary alicyclic amines) is 1. The fourth-order valence-corrected chi connectivity index (χ4v) is 4.89. The van der Waals surface area contributed by atoms with Crippen LogP contribution >= 0.6 is 23.2 Å². The van der Waals surface area contributed by atoms with E-state index < -0.39 is 6.04 Å². The van der Waals surface area contributed by atoms with E-state index in [2.05, 4.69) is 15.3 Å². The lowest BCUT2D eigenvalue weighted by Gasteiger charge is -2.25. The molecule has 190 valence electrons. The van der Waals surface area contributed by atoms with Crippen molar-refractivity contribution in [3.63, 3.8) is 0 Å². The highest BCUT2D eigenvalue weighted by molar-refractivity contribution is 6.34. The molecule has 2 aromatic carbocycles. The second-order valence-electron chi connectivity index (χ2n) is 8.81. The highest BCUT2D eigenvalue weighted by Gasteiger charge is 2.31. The van der Waals surface area contributed by atoms with Gasteiger partial charge in [-0.1, -0.05) is 23.2 Å². The van der Waals surface area contributed by atoms with E-state index in [4.69, 9.17) is 27.9 Å². The molecule has 0 radical (unpaired) electrons. The molecule has 1 saturated heterocycles. The Morgan fingerprint density at radius 2 is 2.03 bits per heavy atom. The van der Waals surface area contributed by atoms with Crippen molar-refractivity contribution >= 4 is 52.0 Å². The lowest BCUT2D eigenvalue weighted by atomic mass is 10.1. The smallest absolute Gasteiger partial charge is 0.305 e. The van der Waals surface area contributed by atoms with Crippen LogP contribution in [0.25, 0.3) is 11.0 Å². The van der Waals surface area contributed by atoms with E-state index in [1.165, 1.54) is 6.07 Å². The largest absolute Gasteiger partial charge is 0.466 e. The molecule has 36 heavy (non-hydrogen) atoms. The van der Waals surface area contributed by atoms with Gasteiger partial charge < -0.3 is 19.9 Å². The van der Waals surface area contributed by atoms with E-state index in [-0.39, 0.29) is 35.3 Å². The fourth-order valence-electron chi connectivity index (χ4n) is 4.46. The number of ether oxygens (including phenoxy) is 1. The predicted octanol–water partition coefficient (Wildman–Crippen LogP) is 5.31. The quantitative estimate of drug-likeness (QED) is 0.384. The lowest BCUT2D eigenvalue weighted by Crippen LogP contribution is -2.36. The fraction of sp³-hybridized carbons (Fsp3) is 0.385. The molecule has 4 rings (SSSR count). The summed E-state index contributed by atoms with van der Waals surface area (Å²) >= 11 is 12.5. The topological polar surface area (TPSA) is 104 Å². The third-order valence-electron chi connectivity index (χ3n) is 6.31. The molecule has 1 aromatic heterocycles. The number of H-pyrrole nitrogens is 1. The molecule has 1 aliphatic heterocycles.